The van der Waals surface area contributed by atoms with E-state index < -0.39 is 23.5 Å². The Morgan fingerprint density at radius 1 is 1.35 bits per heavy atom. The number of piperidine rings is 1. The number of aromatic nitrogens is 1. The fourth-order valence-electron chi connectivity index (χ4n) is 2.38. The van der Waals surface area contributed by atoms with Crippen LogP contribution in [0, 0.1) is 12.7 Å². The van der Waals surface area contributed by atoms with Gasteiger partial charge in [-0.1, -0.05) is 0 Å². The van der Waals surface area contributed by atoms with E-state index in [1.807, 2.05) is 0 Å². The molecule has 2 heterocycles. The number of fused-ring (bicyclic) bond motifs is 1. The number of halogens is 1. The van der Waals surface area contributed by atoms with Gasteiger partial charge in [-0.15, -0.1) is 0 Å². The predicted molar refractivity (Wildman–Crippen MR) is 66.6 cm³/mol. The highest BCUT2D eigenvalue weighted by Crippen LogP contribution is 2.24. The summed E-state index contributed by atoms with van der Waals surface area (Å²) in [6.45, 7) is 1.55. The van der Waals surface area contributed by atoms with Crippen LogP contribution >= 0.6 is 0 Å². The largest absolute Gasteiger partial charge is 0.420 e. The van der Waals surface area contributed by atoms with Crippen molar-refractivity contribution in [1.29, 1.82) is 0 Å². The monoisotopic (exact) mass is 278 g/mol. The van der Waals surface area contributed by atoms with Crippen molar-refractivity contribution >= 4 is 22.9 Å². The van der Waals surface area contributed by atoms with Gasteiger partial charge in [0.05, 0.1) is 5.52 Å². The first kappa shape index (κ1) is 12.6. The van der Waals surface area contributed by atoms with Gasteiger partial charge in [0.2, 0.25) is 11.8 Å². The fraction of sp³-hybridized carbons (Fsp3) is 0.308. The lowest BCUT2D eigenvalue weighted by Crippen LogP contribution is -2.43. The number of carbonyl (C=O) groups is 2. The van der Waals surface area contributed by atoms with Crippen LogP contribution in [-0.4, -0.2) is 16.4 Å². The summed E-state index contributed by atoms with van der Waals surface area (Å²) < 4.78 is 19.8. The Morgan fingerprint density at radius 3 is 2.80 bits per heavy atom. The number of nitrogens with zero attached hydrogens (tertiary/aromatic N) is 1. The Bertz CT molecular complexity index is 790. The lowest BCUT2D eigenvalue weighted by molar-refractivity contribution is -0.135. The Hall–Kier alpha value is -2.44. The van der Waals surface area contributed by atoms with Crippen molar-refractivity contribution in [2.75, 3.05) is 0 Å². The summed E-state index contributed by atoms with van der Waals surface area (Å²) in [6, 6.07) is 1.72. The van der Waals surface area contributed by atoms with E-state index >= 15 is 0 Å². The molecule has 0 saturated carbocycles. The minimum Gasteiger partial charge on any atom is -0.408 e. The maximum absolute atomic E-state index is 13.7. The number of rotatable bonds is 1. The van der Waals surface area contributed by atoms with Crippen LogP contribution in [0.1, 0.15) is 24.4 Å². The SMILES string of the molecule is Cc1cc2oc(=O)n(C3CCC(=O)NC3=O)c2cc1F. The Kier molecular flexibility index (Phi) is 2.70. The maximum Gasteiger partial charge on any atom is 0.420 e. The van der Waals surface area contributed by atoms with Crippen molar-refractivity contribution in [3.8, 4) is 0 Å². The van der Waals surface area contributed by atoms with Gasteiger partial charge in [0, 0.05) is 12.5 Å². The number of carbonyl (C=O) groups excluding carboxylic acids is 2. The molecule has 0 aliphatic carbocycles. The zero-order valence-corrected chi connectivity index (χ0v) is 10.6. The third-order valence-electron chi connectivity index (χ3n) is 3.42. The molecule has 2 aromatic rings. The van der Waals surface area contributed by atoms with Crippen LogP contribution in [0.25, 0.3) is 11.1 Å². The van der Waals surface area contributed by atoms with Crippen LogP contribution in [0.2, 0.25) is 0 Å². The average Bonchev–Trinajstić information content (AvgIpc) is 2.66. The third kappa shape index (κ3) is 1.82. The predicted octanol–water partition coefficient (Wildman–Crippen LogP) is 1.02. The second-order valence-electron chi connectivity index (χ2n) is 4.77. The molecule has 0 spiro atoms. The van der Waals surface area contributed by atoms with Crippen LogP contribution in [0.15, 0.2) is 21.3 Å². The highest BCUT2D eigenvalue weighted by molar-refractivity contribution is 6.00. The molecule has 0 bridgehead atoms. The number of oxazole rings is 1. The second kappa shape index (κ2) is 4.29. The summed E-state index contributed by atoms with van der Waals surface area (Å²) in [7, 11) is 0. The van der Waals surface area contributed by atoms with Crippen molar-refractivity contribution in [3.63, 3.8) is 0 Å². The van der Waals surface area contributed by atoms with Gasteiger partial charge in [-0.25, -0.2) is 9.18 Å². The van der Waals surface area contributed by atoms with Crippen LogP contribution in [0.4, 0.5) is 4.39 Å². The minimum absolute atomic E-state index is 0.129. The molecular weight excluding hydrogens is 267 g/mol. The van der Waals surface area contributed by atoms with Gasteiger partial charge in [0.1, 0.15) is 11.9 Å². The summed E-state index contributed by atoms with van der Waals surface area (Å²) >= 11 is 0. The van der Waals surface area contributed by atoms with Crippen LogP contribution < -0.4 is 11.1 Å². The second-order valence-corrected chi connectivity index (χ2v) is 4.77. The van der Waals surface area contributed by atoms with E-state index in [4.69, 9.17) is 4.42 Å². The van der Waals surface area contributed by atoms with Crippen LogP contribution in [-0.2, 0) is 9.59 Å². The smallest absolute Gasteiger partial charge is 0.408 e. The number of hydrogen-bond acceptors (Lipinski definition) is 4. The molecule has 1 aromatic carbocycles. The normalized spacial score (nSPS) is 19.4. The van der Waals surface area contributed by atoms with Crippen LogP contribution in [0.3, 0.4) is 0 Å². The molecule has 1 aliphatic rings. The molecule has 1 atom stereocenters. The first-order valence-corrected chi connectivity index (χ1v) is 6.12. The van der Waals surface area contributed by atoms with Gasteiger partial charge < -0.3 is 4.42 Å². The average molecular weight is 278 g/mol. The number of benzene rings is 1. The van der Waals surface area contributed by atoms with Crippen molar-refractivity contribution in [1.82, 2.24) is 9.88 Å². The van der Waals surface area contributed by atoms with E-state index in [0.717, 1.165) is 4.57 Å². The Morgan fingerprint density at radius 2 is 2.10 bits per heavy atom. The molecule has 0 radical (unpaired) electrons. The standard InChI is InChI=1S/C13H11FN2O4/c1-6-4-10-9(5-7(6)14)16(13(19)20-10)8-2-3-11(17)15-12(8)18/h4-5,8H,2-3H2,1H3,(H,15,17,18). The molecular formula is C13H11FN2O4. The summed E-state index contributed by atoms with van der Waals surface area (Å²) in [6.07, 6.45) is 0.318. The lowest BCUT2D eigenvalue weighted by atomic mass is 10.1. The molecule has 20 heavy (non-hydrogen) atoms. The molecule has 7 heteroatoms. The Labute approximate surface area is 112 Å². The molecule has 104 valence electrons. The molecule has 1 unspecified atom stereocenters. The molecule has 2 amide bonds. The third-order valence-corrected chi connectivity index (χ3v) is 3.42. The van der Waals surface area contributed by atoms with Crippen molar-refractivity contribution < 1.29 is 18.4 Å². The zero-order valence-electron chi connectivity index (χ0n) is 10.6. The molecule has 1 N–H and O–H groups in total. The van der Waals surface area contributed by atoms with Crippen LogP contribution in [0.5, 0.6) is 0 Å². The molecule has 1 aromatic heterocycles. The quantitative estimate of drug-likeness (QED) is 0.790. The van der Waals surface area contributed by atoms with E-state index in [0.29, 0.717) is 5.56 Å². The number of imide groups is 1. The van der Waals surface area contributed by atoms with Crippen molar-refractivity contribution in [2.24, 2.45) is 0 Å². The first-order valence-electron chi connectivity index (χ1n) is 6.12. The van der Waals surface area contributed by atoms with Gasteiger partial charge in [-0.3, -0.25) is 19.5 Å². The van der Waals surface area contributed by atoms with E-state index in [1.165, 1.54) is 12.1 Å². The summed E-state index contributed by atoms with van der Waals surface area (Å²) in [5, 5.41) is 2.16. The number of hydrogen-bond donors (Lipinski definition) is 1. The van der Waals surface area contributed by atoms with Gasteiger partial charge in [-0.2, -0.15) is 0 Å². The number of aryl methyl sites for hydroxylation is 1. The zero-order chi connectivity index (χ0) is 14.4. The van der Waals surface area contributed by atoms with Gasteiger partial charge in [-0.05, 0) is 25.0 Å². The molecule has 1 saturated heterocycles. The topological polar surface area (TPSA) is 81.3 Å². The van der Waals surface area contributed by atoms with E-state index in [-0.39, 0.29) is 29.8 Å². The first-order chi connectivity index (χ1) is 9.47. The van der Waals surface area contributed by atoms with Crippen molar-refractivity contribution in [3.05, 3.63) is 34.1 Å². The van der Waals surface area contributed by atoms with Gasteiger partial charge >= 0.3 is 5.76 Å². The number of nitrogens with one attached hydrogen (secondary N) is 1. The van der Waals surface area contributed by atoms with Crippen molar-refractivity contribution in [2.45, 2.75) is 25.8 Å². The summed E-state index contributed by atoms with van der Waals surface area (Å²) in [5.74, 6) is -2.18. The molecule has 3 rings (SSSR count). The highest BCUT2D eigenvalue weighted by Gasteiger charge is 2.31. The van der Waals surface area contributed by atoms with E-state index in [2.05, 4.69) is 5.32 Å². The summed E-state index contributed by atoms with van der Waals surface area (Å²) in [4.78, 5) is 34.9. The Balaban J connectivity index is 2.18. The maximum atomic E-state index is 13.7. The van der Waals surface area contributed by atoms with E-state index in [1.54, 1.807) is 6.92 Å². The fourth-order valence-corrected chi connectivity index (χ4v) is 2.38. The molecule has 1 fully saturated rings. The lowest BCUT2D eigenvalue weighted by Gasteiger charge is -2.21. The van der Waals surface area contributed by atoms with Gasteiger partial charge in [0.15, 0.2) is 5.58 Å². The number of amides is 2. The molecule has 1 aliphatic heterocycles. The minimum atomic E-state index is -0.858. The highest BCUT2D eigenvalue weighted by atomic mass is 19.1. The molecule has 6 nitrogen and oxygen atoms in total. The summed E-state index contributed by atoms with van der Waals surface area (Å²) in [5.41, 5.74) is 0.785. The van der Waals surface area contributed by atoms with Gasteiger partial charge in [0.25, 0.3) is 0 Å². The van der Waals surface area contributed by atoms with E-state index in [9.17, 15) is 18.8 Å².